The third-order valence-electron chi connectivity index (χ3n) is 4.42. The number of rotatable bonds is 6. The van der Waals surface area contributed by atoms with Gasteiger partial charge in [-0.2, -0.15) is 0 Å². The molecule has 0 radical (unpaired) electrons. The van der Waals surface area contributed by atoms with Gasteiger partial charge in [-0.3, -0.25) is 4.79 Å². The molecule has 1 fully saturated rings. The second kappa shape index (κ2) is 8.63. The van der Waals surface area contributed by atoms with E-state index in [4.69, 9.17) is 4.74 Å². The lowest BCUT2D eigenvalue weighted by Crippen LogP contribution is -2.54. The van der Waals surface area contributed by atoms with Gasteiger partial charge in [-0.25, -0.2) is 0 Å². The maximum atomic E-state index is 12.1. The van der Waals surface area contributed by atoms with Crippen molar-refractivity contribution in [3.8, 4) is 0 Å². The summed E-state index contributed by atoms with van der Waals surface area (Å²) in [4.78, 5) is 14.6. The Morgan fingerprint density at radius 3 is 2.30 bits per heavy atom. The molecule has 0 bridgehead atoms. The van der Waals surface area contributed by atoms with Gasteiger partial charge in [0.15, 0.2) is 0 Å². The van der Waals surface area contributed by atoms with Crippen molar-refractivity contribution in [2.45, 2.75) is 70.9 Å². The molecule has 1 N–H and O–H groups in total. The van der Waals surface area contributed by atoms with Gasteiger partial charge < -0.3 is 15.0 Å². The molecular weight excluding hydrogens is 252 g/mol. The van der Waals surface area contributed by atoms with Crippen LogP contribution in [0.15, 0.2) is 0 Å². The van der Waals surface area contributed by atoms with Crippen molar-refractivity contribution in [2.75, 3.05) is 26.7 Å². The summed E-state index contributed by atoms with van der Waals surface area (Å²) in [6.45, 7) is 9.32. The van der Waals surface area contributed by atoms with Gasteiger partial charge in [-0.15, -0.1) is 0 Å². The molecule has 1 saturated heterocycles. The van der Waals surface area contributed by atoms with Crippen molar-refractivity contribution >= 4 is 5.97 Å². The van der Waals surface area contributed by atoms with Gasteiger partial charge in [0, 0.05) is 6.04 Å². The second-order valence-corrected chi connectivity index (χ2v) is 6.21. The molecule has 2 atom stereocenters. The van der Waals surface area contributed by atoms with Crippen LogP contribution in [0.4, 0.5) is 0 Å². The average Bonchev–Trinajstić information content (AvgIpc) is 2.37. The Hall–Kier alpha value is -0.610. The number of hydrogen-bond donors (Lipinski definition) is 1. The number of carbonyl (C=O) groups excluding carboxylic acids is 1. The van der Waals surface area contributed by atoms with Crippen LogP contribution < -0.4 is 5.32 Å². The Bertz CT molecular complexity index is 288. The lowest BCUT2D eigenvalue weighted by molar-refractivity contribution is -0.148. The first-order chi connectivity index (χ1) is 9.53. The number of nitrogens with zero attached hydrogens (tertiary/aromatic N) is 1. The predicted octanol–water partition coefficient (Wildman–Crippen LogP) is 2.57. The molecule has 0 aliphatic carbocycles. The highest BCUT2D eigenvalue weighted by Gasteiger charge is 2.36. The van der Waals surface area contributed by atoms with Crippen LogP contribution in [0.3, 0.4) is 0 Å². The van der Waals surface area contributed by atoms with E-state index in [1.54, 1.807) is 0 Å². The summed E-state index contributed by atoms with van der Waals surface area (Å²) in [5.74, 6) is -0.154. The Kier molecular flexibility index (Phi) is 7.52. The zero-order chi connectivity index (χ0) is 15.0. The van der Waals surface area contributed by atoms with Gasteiger partial charge in [-0.05, 0) is 52.7 Å². The lowest BCUT2D eigenvalue weighted by Gasteiger charge is -2.36. The highest BCUT2D eigenvalue weighted by molar-refractivity contribution is 5.80. The molecule has 0 aromatic heterocycles. The third-order valence-corrected chi connectivity index (χ3v) is 4.42. The van der Waals surface area contributed by atoms with Crippen LogP contribution in [-0.2, 0) is 9.53 Å². The maximum absolute atomic E-state index is 12.1. The van der Waals surface area contributed by atoms with Crippen LogP contribution in [0.5, 0.6) is 0 Å². The first-order valence-corrected chi connectivity index (χ1v) is 8.11. The Morgan fingerprint density at radius 1 is 1.25 bits per heavy atom. The van der Waals surface area contributed by atoms with Crippen molar-refractivity contribution in [2.24, 2.45) is 0 Å². The van der Waals surface area contributed by atoms with Gasteiger partial charge >= 0.3 is 5.97 Å². The Morgan fingerprint density at radius 2 is 1.80 bits per heavy atom. The molecule has 1 rings (SSSR count). The van der Waals surface area contributed by atoms with E-state index in [9.17, 15) is 4.79 Å². The van der Waals surface area contributed by atoms with Crippen LogP contribution in [0, 0.1) is 0 Å². The first kappa shape index (κ1) is 17.4. The molecule has 1 heterocycles. The zero-order valence-corrected chi connectivity index (χ0v) is 13.7. The number of likely N-dealkylation sites (N-methyl/N-ethyl adjacent to an activating group) is 1. The van der Waals surface area contributed by atoms with Gasteiger partial charge in [-0.1, -0.05) is 26.2 Å². The fraction of sp³-hybridized carbons (Fsp3) is 0.938. The molecule has 0 saturated carbocycles. The highest BCUT2D eigenvalue weighted by Crippen LogP contribution is 2.20. The molecule has 2 unspecified atom stereocenters. The zero-order valence-electron chi connectivity index (χ0n) is 13.7. The third kappa shape index (κ3) is 5.06. The number of nitrogens with one attached hydrogen (secondary N) is 1. The topological polar surface area (TPSA) is 41.6 Å². The Labute approximate surface area is 124 Å². The molecule has 4 heteroatoms. The summed E-state index contributed by atoms with van der Waals surface area (Å²) in [6.07, 6.45) is 7.41. The van der Waals surface area contributed by atoms with Crippen LogP contribution in [0.1, 0.15) is 59.3 Å². The maximum Gasteiger partial charge on any atom is 0.325 e. The molecule has 1 aliphatic rings. The van der Waals surface area contributed by atoms with Crippen LogP contribution in [-0.4, -0.2) is 49.2 Å². The average molecular weight is 284 g/mol. The van der Waals surface area contributed by atoms with Gasteiger partial charge in [0.2, 0.25) is 0 Å². The molecule has 20 heavy (non-hydrogen) atoms. The molecule has 0 aromatic carbocycles. The summed E-state index contributed by atoms with van der Waals surface area (Å²) in [5, 5.41) is 3.31. The molecule has 0 aromatic rings. The number of methoxy groups -OCH3 is 1. The van der Waals surface area contributed by atoms with E-state index in [1.165, 1.54) is 39.2 Å². The standard InChI is InChI=1S/C16H32N2O2/c1-5-17-16(3,15(19)20-4)13-14(2)18-11-9-7-6-8-10-12-18/h14,17H,5-13H2,1-4H3. The number of ether oxygens (including phenoxy) is 1. The quantitative estimate of drug-likeness (QED) is 0.761. The van der Waals surface area contributed by atoms with E-state index in [2.05, 4.69) is 17.1 Å². The minimum absolute atomic E-state index is 0.154. The molecule has 1 aliphatic heterocycles. The van der Waals surface area contributed by atoms with Gasteiger partial charge in [0.25, 0.3) is 0 Å². The SMILES string of the molecule is CCNC(C)(CC(C)N1CCCCCCC1)C(=O)OC. The lowest BCUT2D eigenvalue weighted by atomic mass is 9.92. The number of likely N-dealkylation sites (tertiary alicyclic amines) is 1. The largest absolute Gasteiger partial charge is 0.468 e. The summed E-state index contributed by atoms with van der Waals surface area (Å²) in [7, 11) is 1.47. The summed E-state index contributed by atoms with van der Waals surface area (Å²) in [5.41, 5.74) is -0.578. The minimum Gasteiger partial charge on any atom is -0.468 e. The van der Waals surface area contributed by atoms with E-state index in [-0.39, 0.29) is 5.97 Å². The van der Waals surface area contributed by atoms with Crippen molar-refractivity contribution < 1.29 is 9.53 Å². The number of carbonyl (C=O) groups is 1. The number of esters is 1. The molecule has 118 valence electrons. The minimum atomic E-state index is -0.578. The molecule has 0 spiro atoms. The van der Waals surface area contributed by atoms with E-state index >= 15 is 0 Å². The molecular formula is C16H32N2O2. The predicted molar refractivity (Wildman–Crippen MR) is 82.8 cm³/mol. The Balaban J connectivity index is 2.63. The van der Waals surface area contributed by atoms with Gasteiger partial charge in [0.1, 0.15) is 5.54 Å². The van der Waals surface area contributed by atoms with E-state index in [0.717, 1.165) is 26.1 Å². The normalized spacial score (nSPS) is 22.4. The van der Waals surface area contributed by atoms with E-state index in [1.807, 2.05) is 13.8 Å². The van der Waals surface area contributed by atoms with E-state index < -0.39 is 5.54 Å². The van der Waals surface area contributed by atoms with Crippen LogP contribution in [0.2, 0.25) is 0 Å². The van der Waals surface area contributed by atoms with E-state index in [0.29, 0.717) is 6.04 Å². The first-order valence-electron chi connectivity index (χ1n) is 8.11. The second-order valence-electron chi connectivity index (χ2n) is 6.21. The highest BCUT2D eigenvalue weighted by atomic mass is 16.5. The van der Waals surface area contributed by atoms with Crippen molar-refractivity contribution in [3.05, 3.63) is 0 Å². The smallest absolute Gasteiger partial charge is 0.325 e. The number of hydrogen-bond acceptors (Lipinski definition) is 4. The van der Waals surface area contributed by atoms with Gasteiger partial charge in [0.05, 0.1) is 7.11 Å². The van der Waals surface area contributed by atoms with Crippen molar-refractivity contribution in [1.29, 1.82) is 0 Å². The summed E-state index contributed by atoms with van der Waals surface area (Å²) < 4.78 is 4.98. The van der Waals surface area contributed by atoms with Crippen molar-refractivity contribution in [1.82, 2.24) is 10.2 Å². The monoisotopic (exact) mass is 284 g/mol. The van der Waals surface area contributed by atoms with Crippen LogP contribution >= 0.6 is 0 Å². The fourth-order valence-electron chi connectivity index (χ4n) is 3.28. The van der Waals surface area contributed by atoms with Crippen molar-refractivity contribution in [3.63, 3.8) is 0 Å². The summed E-state index contributed by atoms with van der Waals surface area (Å²) >= 11 is 0. The molecule has 0 amide bonds. The fourth-order valence-corrected chi connectivity index (χ4v) is 3.28. The molecule has 4 nitrogen and oxygen atoms in total. The van der Waals surface area contributed by atoms with Crippen LogP contribution in [0.25, 0.3) is 0 Å². The summed E-state index contributed by atoms with van der Waals surface area (Å²) in [6, 6.07) is 0.399.